The third kappa shape index (κ3) is 1.91. The van der Waals surface area contributed by atoms with Crippen LogP contribution in [0, 0.1) is 6.20 Å². The van der Waals surface area contributed by atoms with Gasteiger partial charge in [0, 0.05) is 11.9 Å². The summed E-state index contributed by atoms with van der Waals surface area (Å²) in [6.45, 7) is 2.01. The number of hydrogen-bond acceptors (Lipinski definition) is 4. The molecular formula is C13H11N2OS. The van der Waals surface area contributed by atoms with E-state index in [2.05, 4.69) is 11.2 Å². The highest BCUT2D eigenvalue weighted by atomic mass is 32.1. The fraction of sp³-hybridized carbons (Fsp3) is 0.154. The van der Waals surface area contributed by atoms with Gasteiger partial charge in [-0.15, -0.1) is 11.3 Å². The molecule has 3 rings (SSSR count). The van der Waals surface area contributed by atoms with Crippen molar-refractivity contribution in [2.75, 3.05) is 4.90 Å². The lowest BCUT2D eigenvalue weighted by Gasteiger charge is -2.19. The van der Waals surface area contributed by atoms with Gasteiger partial charge in [0.25, 0.3) is 0 Å². The lowest BCUT2D eigenvalue weighted by Crippen LogP contribution is -2.24. The molecule has 0 bridgehead atoms. The van der Waals surface area contributed by atoms with E-state index < -0.39 is 0 Å². The van der Waals surface area contributed by atoms with Crippen LogP contribution in [0.25, 0.3) is 5.76 Å². The largest absolute Gasteiger partial charge is 0.467 e. The van der Waals surface area contributed by atoms with Crippen LogP contribution in [0.1, 0.15) is 11.8 Å². The summed E-state index contributed by atoms with van der Waals surface area (Å²) in [4.78, 5) is 7.05. The van der Waals surface area contributed by atoms with Gasteiger partial charge in [0.1, 0.15) is 6.20 Å². The van der Waals surface area contributed by atoms with Gasteiger partial charge in [0.2, 0.25) is 0 Å². The maximum absolute atomic E-state index is 5.77. The number of anilines is 1. The minimum Gasteiger partial charge on any atom is -0.467 e. The number of benzene rings is 1. The van der Waals surface area contributed by atoms with Crippen molar-refractivity contribution in [3.63, 3.8) is 0 Å². The van der Waals surface area contributed by atoms with E-state index in [0.717, 1.165) is 16.3 Å². The first-order chi connectivity index (χ1) is 8.34. The van der Waals surface area contributed by atoms with Crippen LogP contribution in [0.3, 0.4) is 0 Å². The normalized spacial score (nSPS) is 19.0. The molecule has 4 heteroatoms. The Labute approximate surface area is 104 Å². The van der Waals surface area contributed by atoms with Crippen LogP contribution in [0.4, 0.5) is 5.69 Å². The predicted octanol–water partition coefficient (Wildman–Crippen LogP) is 3.13. The molecule has 0 aliphatic carbocycles. The molecule has 3 nitrogen and oxygen atoms in total. The van der Waals surface area contributed by atoms with Crippen molar-refractivity contribution >= 4 is 22.8 Å². The lowest BCUT2D eigenvalue weighted by molar-refractivity contribution is 0.212. The maximum atomic E-state index is 5.77. The summed E-state index contributed by atoms with van der Waals surface area (Å²) in [6, 6.07) is 10.1. The molecule has 0 N–H and O–H groups in total. The Morgan fingerprint density at radius 3 is 2.88 bits per heavy atom. The first-order valence-corrected chi connectivity index (χ1v) is 6.26. The molecule has 2 heterocycles. The van der Waals surface area contributed by atoms with E-state index in [4.69, 9.17) is 4.74 Å². The number of rotatable bonds is 2. The molecule has 0 spiro atoms. The molecule has 0 fully saturated rings. The summed E-state index contributed by atoms with van der Waals surface area (Å²) in [6.07, 6.45) is 5.02. The van der Waals surface area contributed by atoms with Gasteiger partial charge in [0.15, 0.2) is 12.0 Å². The van der Waals surface area contributed by atoms with Crippen LogP contribution in [0.5, 0.6) is 0 Å². The number of ether oxygens (including phenoxy) is 1. The van der Waals surface area contributed by atoms with Gasteiger partial charge in [-0.3, -0.25) is 4.98 Å². The lowest BCUT2D eigenvalue weighted by atomic mass is 10.3. The number of nitrogens with zero attached hydrogens (tertiary/aromatic N) is 2. The third-order valence-electron chi connectivity index (χ3n) is 2.56. The zero-order valence-corrected chi connectivity index (χ0v) is 10.1. The first-order valence-electron chi connectivity index (χ1n) is 5.38. The summed E-state index contributed by atoms with van der Waals surface area (Å²) in [7, 11) is 0. The van der Waals surface area contributed by atoms with Crippen LogP contribution in [0.2, 0.25) is 0 Å². The molecule has 0 saturated heterocycles. The minimum absolute atomic E-state index is 0.0329. The van der Waals surface area contributed by atoms with Gasteiger partial charge < -0.3 is 9.64 Å². The summed E-state index contributed by atoms with van der Waals surface area (Å²) in [5.41, 5.74) is 2.88. The Bertz CT molecular complexity index is 522. The van der Waals surface area contributed by atoms with Crippen molar-refractivity contribution in [1.29, 1.82) is 0 Å². The van der Waals surface area contributed by atoms with E-state index in [1.807, 2.05) is 42.2 Å². The topological polar surface area (TPSA) is 25.4 Å². The van der Waals surface area contributed by atoms with Crippen molar-refractivity contribution in [3.8, 4) is 0 Å². The maximum Gasteiger partial charge on any atom is 0.174 e. The molecule has 1 unspecified atom stereocenters. The molecule has 0 amide bonds. The van der Waals surface area contributed by atoms with Crippen LogP contribution in [-0.2, 0) is 4.74 Å². The van der Waals surface area contributed by atoms with E-state index in [-0.39, 0.29) is 6.23 Å². The van der Waals surface area contributed by atoms with Crippen LogP contribution >= 0.6 is 11.3 Å². The fourth-order valence-electron chi connectivity index (χ4n) is 1.75. The highest BCUT2D eigenvalue weighted by Crippen LogP contribution is 2.31. The van der Waals surface area contributed by atoms with Crippen LogP contribution < -0.4 is 4.90 Å². The smallest absolute Gasteiger partial charge is 0.174 e. The third-order valence-corrected chi connectivity index (χ3v) is 3.34. The van der Waals surface area contributed by atoms with Gasteiger partial charge in [-0.1, -0.05) is 18.2 Å². The first kappa shape index (κ1) is 10.4. The van der Waals surface area contributed by atoms with Crippen molar-refractivity contribution in [2.24, 2.45) is 0 Å². The Kier molecular flexibility index (Phi) is 2.57. The zero-order valence-electron chi connectivity index (χ0n) is 9.33. The van der Waals surface area contributed by atoms with Gasteiger partial charge in [-0.25, -0.2) is 0 Å². The van der Waals surface area contributed by atoms with Gasteiger partial charge >= 0.3 is 0 Å². The summed E-state index contributed by atoms with van der Waals surface area (Å²) >= 11 is 1.56. The summed E-state index contributed by atoms with van der Waals surface area (Å²) in [5, 5.41) is 0. The van der Waals surface area contributed by atoms with Crippen LogP contribution in [-0.4, -0.2) is 11.2 Å². The second kappa shape index (κ2) is 4.22. The average Bonchev–Trinajstić information content (AvgIpc) is 2.99. The monoisotopic (exact) mass is 243 g/mol. The number of para-hydroxylation sites is 1. The molecule has 17 heavy (non-hydrogen) atoms. The Morgan fingerprint density at radius 2 is 2.18 bits per heavy atom. The Balaban J connectivity index is 1.92. The van der Waals surface area contributed by atoms with Crippen molar-refractivity contribution in [2.45, 2.75) is 13.2 Å². The molecule has 1 atom stereocenters. The molecule has 1 aromatic carbocycles. The molecule has 2 aromatic rings. The summed E-state index contributed by atoms with van der Waals surface area (Å²) < 4.78 is 5.77. The molecule has 1 aliphatic heterocycles. The van der Waals surface area contributed by atoms with Gasteiger partial charge in [-0.05, 0) is 19.1 Å². The Hall–Kier alpha value is -1.81. The average molecular weight is 243 g/mol. The molecule has 1 aliphatic rings. The zero-order chi connectivity index (χ0) is 11.7. The highest BCUT2D eigenvalue weighted by molar-refractivity contribution is 7.10. The van der Waals surface area contributed by atoms with Crippen molar-refractivity contribution < 1.29 is 4.74 Å². The number of hydrogen-bond donors (Lipinski definition) is 0. The van der Waals surface area contributed by atoms with Crippen molar-refractivity contribution in [3.05, 3.63) is 53.1 Å². The molecule has 0 saturated carbocycles. The predicted molar refractivity (Wildman–Crippen MR) is 68.2 cm³/mol. The fourth-order valence-corrected chi connectivity index (χ4v) is 2.31. The molecular weight excluding hydrogens is 232 g/mol. The highest BCUT2D eigenvalue weighted by Gasteiger charge is 2.25. The Morgan fingerprint density at radius 1 is 1.35 bits per heavy atom. The van der Waals surface area contributed by atoms with Gasteiger partial charge in [-0.2, -0.15) is 0 Å². The van der Waals surface area contributed by atoms with Gasteiger partial charge in [0.05, 0.1) is 10.4 Å². The molecule has 85 valence electrons. The second-order valence-electron chi connectivity index (χ2n) is 3.73. The quantitative estimate of drug-likeness (QED) is 0.810. The minimum atomic E-state index is -0.0329. The van der Waals surface area contributed by atoms with E-state index in [0.29, 0.717) is 0 Å². The second-order valence-corrected chi connectivity index (χ2v) is 4.62. The number of thiazole rings is 1. The van der Waals surface area contributed by atoms with Crippen LogP contribution in [0.15, 0.2) is 42.0 Å². The van der Waals surface area contributed by atoms with E-state index in [1.54, 1.807) is 23.0 Å². The van der Waals surface area contributed by atoms with E-state index in [1.165, 1.54) is 0 Å². The van der Waals surface area contributed by atoms with Crippen molar-refractivity contribution in [1.82, 2.24) is 4.98 Å². The molecule has 1 radical (unpaired) electrons. The molecule has 1 aromatic heterocycles. The summed E-state index contributed by atoms with van der Waals surface area (Å²) in [5.74, 6) is 0.767. The standard InChI is InChI=1S/C13H11N2OS/c1-10-15(11-5-3-2-4-6-11)8-12(16-10)13-7-14-9-17-13/h2-7,9-10H,1H3. The SMILES string of the molecule is CC1OC(c2cncs2)=[C]N1c1ccccc1. The number of aromatic nitrogens is 1. The van der Waals surface area contributed by atoms with E-state index in [9.17, 15) is 0 Å². The van der Waals surface area contributed by atoms with E-state index >= 15 is 0 Å².